The van der Waals surface area contributed by atoms with E-state index in [4.69, 9.17) is 0 Å². The number of aryl methyl sites for hydroxylation is 1. The normalized spacial score (nSPS) is 18.1. The van der Waals surface area contributed by atoms with Gasteiger partial charge in [0.1, 0.15) is 0 Å². The maximum absolute atomic E-state index is 4.59. The molecule has 0 aromatic carbocycles. The molecular formula is C15H24N4S. The minimum absolute atomic E-state index is 0.708. The van der Waals surface area contributed by atoms with E-state index in [1.54, 1.807) is 11.3 Å². The van der Waals surface area contributed by atoms with Crippen molar-refractivity contribution in [2.75, 3.05) is 26.2 Å². The van der Waals surface area contributed by atoms with Gasteiger partial charge in [-0.15, -0.1) is 11.3 Å². The van der Waals surface area contributed by atoms with Gasteiger partial charge in [-0.1, -0.05) is 6.92 Å². The van der Waals surface area contributed by atoms with Crippen LogP contribution in [0.4, 0.5) is 0 Å². The average molecular weight is 292 g/mol. The highest BCUT2D eigenvalue weighted by Crippen LogP contribution is 2.16. The Bertz CT molecular complexity index is 553. The molecule has 2 aromatic rings. The topological polar surface area (TPSA) is 32.6 Å². The number of nitrogens with one attached hydrogen (secondary N) is 1. The molecule has 1 unspecified atom stereocenters. The molecule has 0 amide bonds. The van der Waals surface area contributed by atoms with Crippen LogP contribution in [0, 0.1) is 12.8 Å². The number of rotatable bonds is 6. The molecule has 1 aliphatic rings. The predicted octanol–water partition coefficient (Wildman–Crippen LogP) is 2.53. The van der Waals surface area contributed by atoms with Gasteiger partial charge >= 0.3 is 0 Å². The van der Waals surface area contributed by atoms with Crippen LogP contribution >= 0.6 is 11.3 Å². The van der Waals surface area contributed by atoms with Crippen molar-refractivity contribution in [3.05, 3.63) is 23.0 Å². The number of hydrogen-bond donors (Lipinski definition) is 1. The second-order valence-corrected chi connectivity index (χ2v) is 6.82. The molecule has 0 spiro atoms. The van der Waals surface area contributed by atoms with Crippen LogP contribution in [0.1, 0.15) is 31.2 Å². The molecule has 0 aliphatic carbocycles. The summed E-state index contributed by atoms with van der Waals surface area (Å²) >= 11 is 1.70. The van der Waals surface area contributed by atoms with Crippen LogP contribution in [-0.4, -0.2) is 40.5 Å². The zero-order chi connectivity index (χ0) is 13.9. The summed E-state index contributed by atoms with van der Waals surface area (Å²) in [6.45, 7) is 10.2. The van der Waals surface area contributed by atoms with E-state index in [-0.39, 0.29) is 0 Å². The first-order valence-electron chi connectivity index (χ1n) is 7.58. The summed E-state index contributed by atoms with van der Waals surface area (Å²) in [5, 5.41) is 5.70. The molecule has 3 heterocycles. The van der Waals surface area contributed by atoms with Crippen LogP contribution in [0.2, 0.25) is 0 Å². The molecule has 4 nitrogen and oxygen atoms in total. The van der Waals surface area contributed by atoms with Crippen LogP contribution in [0.5, 0.6) is 0 Å². The fourth-order valence-corrected chi connectivity index (χ4v) is 3.84. The van der Waals surface area contributed by atoms with Gasteiger partial charge in [0.2, 0.25) is 0 Å². The number of nitrogens with zero attached hydrogens (tertiary/aromatic N) is 3. The summed E-state index contributed by atoms with van der Waals surface area (Å²) in [7, 11) is 0. The van der Waals surface area contributed by atoms with Gasteiger partial charge in [-0.3, -0.25) is 4.40 Å². The van der Waals surface area contributed by atoms with Gasteiger partial charge in [-0.2, -0.15) is 0 Å². The Labute approximate surface area is 124 Å². The van der Waals surface area contributed by atoms with E-state index in [2.05, 4.69) is 45.0 Å². The fraction of sp³-hybridized carbons (Fsp3) is 0.667. The zero-order valence-electron chi connectivity index (χ0n) is 12.4. The van der Waals surface area contributed by atoms with E-state index in [9.17, 15) is 0 Å². The third-order valence-corrected chi connectivity index (χ3v) is 4.87. The average Bonchev–Trinajstić information content (AvgIpc) is 3.10. The molecule has 1 fully saturated rings. The van der Waals surface area contributed by atoms with E-state index in [1.807, 2.05) is 0 Å². The molecule has 0 radical (unpaired) electrons. The minimum atomic E-state index is 0.708. The monoisotopic (exact) mass is 292 g/mol. The van der Waals surface area contributed by atoms with Crippen molar-refractivity contribution in [1.29, 1.82) is 0 Å². The van der Waals surface area contributed by atoms with Crippen molar-refractivity contribution in [2.45, 2.75) is 33.2 Å². The molecule has 1 saturated heterocycles. The first-order chi connectivity index (χ1) is 9.74. The lowest BCUT2D eigenvalue weighted by molar-refractivity contribution is 0.282. The number of hydrogen-bond acceptors (Lipinski definition) is 4. The van der Waals surface area contributed by atoms with Crippen LogP contribution < -0.4 is 5.32 Å². The molecule has 5 heteroatoms. The van der Waals surface area contributed by atoms with Crippen LogP contribution in [0.15, 0.2) is 11.6 Å². The van der Waals surface area contributed by atoms with Crippen LogP contribution in [0.25, 0.3) is 4.96 Å². The van der Waals surface area contributed by atoms with Gasteiger partial charge in [0, 0.05) is 24.7 Å². The fourth-order valence-electron chi connectivity index (χ4n) is 3.06. The second-order valence-electron chi connectivity index (χ2n) is 5.94. The number of aromatic nitrogens is 2. The van der Waals surface area contributed by atoms with E-state index >= 15 is 0 Å². The van der Waals surface area contributed by atoms with Crippen LogP contribution in [-0.2, 0) is 6.54 Å². The maximum atomic E-state index is 4.59. The highest BCUT2D eigenvalue weighted by atomic mass is 32.1. The number of likely N-dealkylation sites (tertiary alicyclic amines) is 1. The predicted molar refractivity (Wildman–Crippen MR) is 84.4 cm³/mol. The van der Waals surface area contributed by atoms with Crippen molar-refractivity contribution in [1.82, 2.24) is 19.6 Å². The second kappa shape index (κ2) is 6.24. The first kappa shape index (κ1) is 14.0. The number of fused-ring (bicyclic) bond motifs is 1. The van der Waals surface area contributed by atoms with Crippen LogP contribution in [0.3, 0.4) is 0 Å². The Hall–Kier alpha value is -0.910. The summed E-state index contributed by atoms with van der Waals surface area (Å²) in [5.74, 6) is 0.708. The van der Waals surface area contributed by atoms with Gasteiger partial charge in [0.05, 0.1) is 11.4 Å². The summed E-state index contributed by atoms with van der Waals surface area (Å²) in [4.78, 5) is 8.28. The lowest BCUT2D eigenvalue weighted by Gasteiger charge is -2.20. The van der Waals surface area contributed by atoms with Crippen molar-refractivity contribution in [2.24, 2.45) is 5.92 Å². The molecule has 1 atom stereocenters. The molecule has 1 aliphatic heterocycles. The van der Waals surface area contributed by atoms with E-state index in [1.165, 1.54) is 38.2 Å². The molecule has 2 aromatic heterocycles. The molecule has 110 valence electrons. The SMILES string of the molecule is Cc1nc2sccn2c1CNCC(C)CN1CCCC1. The van der Waals surface area contributed by atoms with E-state index in [0.717, 1.165) is 23.7 Å². The van der Waals surface area contributed by atoms with Gasteiger partial charge in [-0.05, 0) is 45.3 Å². The Morgan fingerprint density at radius 2 is 2.20 bits per heavy atom. The lowest BCUT2D eigenvalue weighted by Crippen LogP contribution is -2.31. The van der Waals surface area contributed by atoms with Gasteiger partial charge in [-0.25, -0.2) is 4.98 Å². The standard InChI is InChI=1S/C15H24N4S/c1-12(11-18-5-3-4-6-18)9-16-10-14-13(2)17-15-19(14)7-8-20-15/h7-8,12,16H,3-6,9-11H2,1-2H3. The molecule has 0 bridgehead atoms. The quantitative estimate of drug-likeness (QED) is 0.888. The molecule has 0 saturated carbocycles. The van der Waals surface area contributed by atoms with Gasteiger partial charge in [0.15, 0.2) is 4.96 Å². The Morgan fingerprint density at radius 1 is 1.40 bits per heavy atom. The Kier molecular flexibility index (Phi) is 4.38. The van der Waals surface area contributed by atoms with Crippen molar-refractivity contribution < 1.29 is 0 Å². The number of imidazole rings is 1. The van der Waals surface area contributed by atoms with Crippen molar-refractivity contribution in [3.8, 4) is 0 Å². The Balaban J connectivity index is 1.49. The summed E-state index contributed by atoms with van der Waals surface area (Å²) in [6, 6.07) is 0. The van der Waals surface area contributed by atoms with Gasteiger partial charge < -0.3 is 10.2 Å². The largest absolute Gasteiger partial charge is 0.311 e. The summed E-state index contributed by atoms with van der Waals surface area (Å²) in [6.07, 6.45) is 4.88. The van der Waals surface area contributed by atoms with Crippen molar-refractivity contribution in [3.63, 3.8) is 0 Å². The first-order valence-corrected chi connectivity index (χ1v) is 8.46. The third-order valence-electron chi connectivity index (χ3n) is 4.12. The lowest BCUT2D eigenvalue weighted by atomic mass is 10.1. The minimum Gasteiger partial charge on any atom is -0.311 e. The maximum Gasteiger partial charge on any atom is 0.194 e. The molecule has 1 N–H and O–H groups in total. The van der Waals surface area contributed by atoms with E-state index < -0.39 is 0 Å². The highest BCUT2D eigenvalue weighted by Gasteiger charge is 2.15. The third kappa shape index (κ3) is 3.05. The summed E-state index contributed by atoms with van der Waals surface area (Å²) < 4.78 is 2.21. The molecular weight excluding hydrogens is 268 g/mol. The zero-order valence-corrected chi connectivity index (χ0v) is 13.2. The van der Waals surface area contributed by atoms with Gasteiger partial charge in [0.25, 0.3) is 0 Å². The molecule has 3 rings (SSSR count). The summed E-state index contributed by atoms with van der Waals surface area (Å²) in [5.41, 5.74) is 2.45. The smallest absolute Gasteiger partial charge is 0.194 e. The molecule has 20 heavy (non-hydrogen) atoms. The van der Waals surface area contributed by atoms with E-state index in [0.29, 0.717) is 5.92 Å². The van der Waals surface area contributed by atoms with Crippen molar-refractivity contribution >= 4 is 16.3 Å². The highest BCUT2D eigenvalue weighted by molar-refractivity contribution is 7.15. The number of thiazole rings is 1. The Morgan fingerprint density at radius 3 is 3.00 bits per heavy atom.